The molecule has 1 aliphatic rings. The number of anilines is 2. The summed E-state index contributed by atoms with van der Waals surface area (Å²) in [6.07, 6.45) is 5.06. The van der Waals surface area contributed by atoms with E-state index in [4.69, 9.17) is 4.74 Å². The van der Waals surface area contributed by atoms with Gasteiger partial charge >= 0.3 is 5.97 Å². The molecule has 0 spiro atoms. The summed E-state index contributed by atoms with van der Waals surface area (Å²) in [5.41, 5.74) is 2.56. The molecule has 148 valence electrons. The number of nitrogens with one attached hydrogen (secondary N) is 1. The van der Waals surface area contributed by atoms with Crippen LogP contribution in [-0.4, -0.2) is 36.7 Å². The minimum Gasteiger partial charge on any atom is -0.508 e. The largest absolute Gasteiger partial charge is 0.508 e. The number of amides is 1. The Hall–Kier alpha value is -3.02. The lowest BCUT2D eigenvalue weighted by molar-refractivity contribution is -0.146. The molecule has 0 atom stereocenters. The smallest absolute Gasteiger partial charge is 0.310 e. The Morgan fingerprint density at radius 3 is 2.21 bits per heavy atom. The maximum absolute atomic E-state index is 12.0. The second-order valence-corrected chi connectivity index (χ2v) is 7.00. The minimum atomic E-state index is -0.489. The van der Waals surface area contributed by atoms with E-state index in [9.17, 15) is 14.7 Å². The molecular formula is C22H26N2O4. The zero-order valence-electron chi connectivity index (χ0n) is 15.9. The summed E-state index contributed by atoms with van der Waals surface area (Å²) in [6, 6.07) is 14.1. The van der Waals surface area contributed by atoms with Crippen molar-refractivity contribution in [2.24, 2.45) is 0 Å². The number of carbonyl (C=O) groups excluding carboxylic acids is 2. The van der Waals surface area contributed by atoms with Crippen molar-refractivity contribution in [1.29, 1.82) is 0 Å². The predicted molar refractivity (Wildman–Crippen MR) is 109 cm³/mol. The quantitative estimate of drug-likeness (QED) is 0.748. The first-order valence-electron chi connectivity index (χ1n) is 9.68. The first kappa shape index (κ1) is 19.7. The summed E-state index contributed by atoms with van der Waals surface area (Å²) in [5.74, 6) is -0.725. The molecule has 0 aliphatic carbocycles. The van der Waals surface area contributed by atoms with Gasteiger partial charge in [0.15, 0.2) is 6.61 Å². The average molecular weight is 382 g/mol. The van der Waals surface area contributed by atoms with Gasteiger partial charge in [0, 0.05) is 24.5 Å². The highest BCUT2D eigenvalue weighted by atomic mass is 16.5. The Labute approximate surface area is 165 Å². The fourth-order valence-electron chi connectivity index (χ4n) is 3.26. The number of phenolic OH excluding ortho intramolecular Hbond substituents is 1. The zero-order chi connectivity index (χ0) is 19.8. The van der Waals surface area contributed by atoms with Crippen LogP contribution in [0.2, 0.25) is 0 Å². The van der Waals surface area contributed by atoms with Crippen LogP contribution < -0.4 is 10.2 Å². The highest BCUT2D eigenvalue weighted by Gasteiger charge is 2.11. The van der Waals surface area contributed by atoms with E-state index in [1.807, 2.05) is 24.3 Å². The number of hydrogen-bond donors (Lipinski definition) is 2. The maximum Gasteiger partial charge on any atom is 0.310 e. The lowest BCUT2D eigenvalue weighted by atomic mass is 10.1. The molecule has 1 heterocycles. The van der Waals surface area contributed by atoms with Crippen LogP contribution in [0.3, 0.4) is 0 Å². The third-order valence-electron chi connectivity index (χ3n) is 4.77. The molecule has 2 aromatic rings. The highest BCUT2D eigenvalue weighted by molar-refractivity contribution is 5.93. The van der Waals surface area contributed by atoms with Crippen molar-refractivity contribution in [3.63, 3.8) is 0 Å². The van der Waals surface area contributed by atoms with Crippen LogP contribution in [0.25, 0.3) is 0 Å². The Bertz CT molecular complexity index is 779. The predicted octanol–water partition coefficient (Wildman–Crippen LogP) is 3.50. The summed E-state index contributed by atoms with van der Waals surface area (Å²) in [6.45, 7) is 1.82. The van der Waals surface area contributed by atoms with Crippen LogP contribution >= 0.6 is 0 Å². The van der Waals surface area contributed by atoms with E-state index in [-0.39, 0.29) is 24.7 Å². The molecule has 0 aromatic heterocycles. The monoisotopic (exact) mass is 382 g/mol. The number of benzene rings is 2. The van der Waals surface area contributed by atoms with Gasteiger partial charge in [0.25, 0.3) is 5.91 Å². The standard InChI is InChI=1S/C22H26N2O4/c25-20-11-5-17(6-12-20)15-22(27)28-16-21(26)23-18-7-9-19(10-8-18)24-13-3-1-2-4-14-24/h5-12,25H,1-4,13-16H2,(H,23,26). The lowest BCUT2D eigenvalue weighted by Crippen LogP contribution is -2.24. The summed E-state index contributed by atoms with van der Waals surface area (Å²) in [7, 11) is 0. The molecule has 6 heteroatoms. The number of phenols is 1. The Morgan fingerprint density at radius 1 is 0.929 bits per heavy atom. The number of carbonyl (C=O) groups is 2. The molecule has 1 fully saturated rings. The van der Waals surface area contributed by atoms with Crippen molar-refractivity contribution in [2.45, 2.75) is 32.1 Å². The Balaban J connectivity index is 1.43. The fraction of sp³-hybridized carbons (Fsp3) is 0.364. The molecule has 6 nitrogen and oxygen atoms in total. The van der Waals surface area contributed by atoms with E-state index in [1.54, 1.807) is 12.1 Å². The number of rotatable bonds is 6. The van der Waals surface area contributed by atoms with Crippen LogP contribution in [0, 0.1) is 0 Å². The van der Waals surface area contributed by atoms with Crippen LogP contribution in [0.4, 0.5) is 11.4 Å². The van der Waals surface area contributed by atoms with Gasteiger partial charge in [-0.05, 0) is 54.8 Å². The second kappa shape index (κ2) is 9.78. The van der Waals surface area contributed by atoms with E-state index in [2.05, 4.69) is 10.2 Å². The van der Waals surface area contributed by atoms with E-state index in [0.717, 1.165) is 13.1 Å². The summed E-state index contributed by atoms with van der Waals surface area (Å²) < 4.78 is 5.02. The second-order valence-electron chi connectivity index (χ2n) is 7.00. The van der Waals surface area contributed by atoms with Gasteiger partial charge in [-0.25, -0.2) is 0 Å². The maximum atomic E-state index is 12.0. The molecule has 1 amide bonds. The summed E-state index contributed by atoms with van der Waals surface area (Å²) >= 11 is 0. The lowest BCUT2D eigenvalue weighted by Gasteiger charge is -2.22. The van der Waals surface area contributed by atoms with Gasteiger partial charge in [-0.15, -0.1) is 0 Å². The minimum absolute atomic E-state index is 0.0537. The number of nitrogens with zero attached hydrogens (tertiary/aromatic N) is 1. The van der Waals surface area contributed by atoms with Crippen LogP contribution in [0.15, 0.2) is 48.5 Å². The van der Waals surface area contributed by atoms with E-state index < -0.39 is 5.97 Å². The van der Waals surface area contributed by atoms with Crippen LogP contribution in [0.1, 0.15) is 31.2 Å². The van der Waals surface area contributed by atoms with Crippen molar-refractivity contribution in [2.75, 3.05) is 29.9 Å². The van der Waals surface area contributed by atoms with E-state index >= 15 is 0 Å². The molecule has 0 unspecified atom stereocenters. The van der Waals surface area contributed by atoms with Crippen molar-refractivity contribution in [3.05, 3.63) is 54.1 Å². The number of esters is 1. The number of hydrogen-bond acceptors (Lipinski definition) is 5. The van der Waals surface area contributed by atoms with E-state index in [1.165, 1.54) is 43.5 Å². The van der Waals surface area contributed by atoms with Crippen molar-refractivity contribution in [3.8, 4) is 5.75 Å². The van der Waals surface area contributed by atoms with Crippen molar-refractivity contribution < 1.29 is 19.4 Å². The highest BCUT2D eigenvalue weighted by Crippen LogP contribution is 2.21. The van der Waals surface area contributed by atoms with Crippen molar-refractivity contribution in [1.82, 2.24) is 0 Å². The van der Waals surface area contributed by atoms with Crippen LogP contribution in [0.5, 0.6) is 5.75 Å². The third kappa shape index (κ3) is 6.01. The molecule has 2 N–H and O–H groups in total. The molecule has 28 heavy (non-hydrogen) atoms. The Kier molecular flexibility index (Phi) is 6.89. The number of ether oxygens (including phenoxy) is 1. The molecule has 0 saturated carbocycles. The van der Waals surface area contributed by atoms with Gasteiger partial charge < -0.3 is 20.1 Å². The topological polar surface area (TPSA) is 78.9 Å². The molecule has 2 aromatic carbocycles. The van der Waals surface area contributed by atoms with Crippen LogP contribution in [-0.2, 0) is 20.7 Å². The normalized spacial score (nSPS) is 14.2. The third-order valence-corrected chi connectivity index (χ3v) is 4.77. The summed E-state index contributed by atoms with van der Waals surface area (Å²) in [4.78, 5) is 26.2. The molecule has 0 bridgehead atoms. The summed E-state index contributed by atoms with van der Waals surface area (Å²) in [5, 5.41) is 12.0. The van der Waals surface area contributed by atoms with Gasteiger partial charge in [0.1, 0.15) is 5.75 Å². The molecular weight excluding hydrogens is 356 g/mol. The van der Waals surface area contributed by atoms with E-state index in [0.29, 0.717) is 11.3 Å². The first-order valence-corrected chi connectivity index (χ1v) is 9.68. The fourth-order valence-corrected chi connectivity index (χ4v) is 3.26. The van der Waals surface area contributed by atoms with Gasteiger partial charge in [-0.2, -0.15) is 0 Å². The Morgan fingerprint density at radius 2 is 1.57 bits per heavy atom. The SMILES string of the molecule is O=C(COC(=O)Cc1ccc(O)cc1)Nc1ccc(N2CCCCCC2)cc1. The van der Waals surface area contributed by atoms with Gasteiger partial charge in [-0.3, -0.25) is 9.59 Å². The van der Waals surface area contributed by atoms with Gasteiger partial charge in [0.2, 0.25) is 0 Å². The molecule has 0 radical (unpaired) electrons. The average Bonchev–Trinajstić information content (AvgIpc) is 2.98. The van der Waals surface area contributed by atoms with Crippen molar-refractivity contribution >= 4 is 23.3 Å². The first-order chi connectivity index (χ1) is 13.6. The molecule has 3 rings (SSSR count). The van der Waals surface area contributed by atoms with Gasteiger partial charge in [-0.1, -0.05) is 25.0 Å². The van der Waals surface area contributed by atoms with Gasteiger partial charge in [0.05, 0.1) is 6.42 Å². The molecule has 1 aliphatic heterocycles. The molecule has 1 saturated heterocycles. The zero-order valence-corrected chi connectivity index (χ0v) is 15.9. The number of aromatic hydroxyl groups is 1.